The number of anilines is 2. The summed E-state index contributed by atoms with van der Waals surface area (Å²) in [5.74, 6) is -9.81. The van der Waals surface area contributed by atoms with Crippen LogP contribution in [0.3, 0.4) is 0 Å². The van der Waals surface area contributed by atoms with Gasteiger partial charge in [0.15, 0.2) is 17.1 Å². The van der Waals surface area contributed by atoms with E-state index in [0.717, 1.165) is 0 Å². The number of hydrogen-bond donors (Lipinski definition) is 14. The van der Waals surface area contributed by atoms with Crippen molar-refractivity contribution in [2.45, 2.75) is 69.2 Å². The Morgan fingerprint density at radius 3 is 2.03 bits per heavy atom. The van der Waals surface area contributed by atoms with Crippen LogP contribution in [0.25, 0.3) is 11.2 Å². The number of likely N-dealkylation sites (N-methyl/N-ethyl adjacent to an activating group) is 1. The number of nitrogens with zero attached hydrogens (tertiary/aromatic N) is 3. The third-order valence-electron chi connectivity index (χ3n) is 8.28. The van der Waals surface area contributed by atoms with Gasteiger partial charge in [0.1, 0.15) is 24.2 Å². The topological polar surface area (TPSA) is 429 Å². The number of benzene rings is 1. The highest BCUT2D eigenvalue weighted by atomic mass is 16.4. The van der Waals surface area contributed by atoms with Crippen molar-refractivity contribution in [3.8, 4) is 0 Å². The molecule has 0 radical (unpaired) electrons. The molecule has 0 saturated carbocycles. The lowest BCUT2D eigenvalue weighted by Gasteiger charge is -2.24. The molecule has 0 saturated heterocycles. The summed E-state index contributed by atoms with van der Waals surface area (Å²) in [6, 6.07) is -0.650. The van der Waals surface area contributed by atoms with Crippen LogP contribution in [-0.2, 0) is 40.1 Å². The molecule has 26 heteroatoms. The fourth-order valence-corrected chi connectivity index (χ4v) is 5.31. The van der Waals surface area contributed by atoms with Gasteiger partial charge < -0.3 is 64.0 Å². The van der Waals surface area contributed by atoms with Crippen LogP contribution in [0, 0.1) is 5.41 Å². The van der Waals surface area contributed by atoms with Crippen LogP contribution in [0.15, 0.2) is 35.3 Å². The first-order valence-corrected chi connectivity index (χ1v) is 17.9. The standard InChI is InChI=1S/C34H44N14O12/c1-38-28(55)20(11-23(50)51)46-29(56)18(3-2-10-39-33(35)36)44-30(57)21(12-24(52)53)43-22(49)9-8-19(32(59)60)45-27(54)15-4-6-16(7-5-15)40-13-17-14-41-26-25(42-17)31(58)48-34(37)47-26/h4-7,14,18-21,40H,2-3,8-13H2,1H3,(H,38,55)(H,43,49)(H,44,57)(H,45,54)(H,46,56)(H,50,51)(H,52,53)(H,59,60)(H4,35,36,39)(H3,37,41,47,48,58)/t18-,19-,20-,21-/m0/s1. The van der Waals surface area contributed by atoms with E-state index < -0.39 is 109 Å². The van der Waals surface area contributed by atoms with Crippen LogP contribution in [0.2, 0.25) is 0 Å². The van der Waals surface area contributed by atoms with Crippen LogP contribution in [0.4, 0.5) is 11.6 Å². The fraction of sp³-hybridized carbons (Fsp3) is 0.382. The van der Waals surface area contributed by atoms with E-state index in [-0.39, 0.29) is 48.6 Å². The molecular formula is C34H44N14O12. The number of carboxylic acids is 3. The van der Waals surface area contributed by atoms with E-state index in [1.54, 1.807) is 0 Å². The molecule has 1 aromatic carbocycles. The third-order valence-corrected chi connectivity index (χ3v) is 8.28. The minimum atomic E-state index is -1.80. The van der Waals surface area contributed by atoms with Crippen molar-refractivity contribution < 1.29 is 53.7 Å². The molecule has 2 aromatic heterocycles. The molecule has 26 nitrogen and oxygen atoms in total. The van der Waals surface area contributed by atoms with E-state index in [0.29, 0.717) is 11.4 Å². The Morgan fingerprint density at radius 2 is 1.43 bits per heavy atom. The lowest BCUT2D eigenvalue weighted by atomic mass is 10.1. The number of carbonyl (C=O) groups is 8. The quantitative estimate of drug-likeness (QED) is 0.0248. The van der Waals surface area contributed by atoms with Gasteiger partial charge in [0.25, 0.3) is 11.5 Å². The number of hydrogen-bond acceptors (Lipinski definition) is 15. The molecule has 16 N–H and O–H groups in total. The number of carboxylic acid groups (broad SMARTS) is 3. The Hall–Kier alpha value is -7.93. The van der Waals surface area contributed by atoms with Crippen molar-refractivity contribution in [3.63, 3.8) is 0 Å². The van der Waals surface area contributed by atoms with Gasteiger partial charge in [-0.05, 0) is 43.5 Å². The van der Waals surface area contributed by atoms with Gasteiger partial charge in [0.05, 0.1) is 31.3 Å². The Kier molecular flexibility index (Phi) is 17.1. The zero-order valence-electron chi connectivity index (χ0n) is 31.9. The number of fused-ring (bicyclic) bond motifs is 1. The average molecular weight is 841 g/mol. The van der Waals surface area contributed by atoms with Gasteiger partial charge >= 0.3 is 17.9 Å². The highest BCUT2D eigenvalue weighted by molar-refractivity contribution is 5.98. The number of nitrogen functional groups attached to an aromatic ring is 1. The van der Waals surface area contributed by atoms with Gasteiger partial charge in [-0.25, -0.2) is 14.8 Å². The number of H-pyrrole nitrogens is 1. The Labute approximate surface area is 338 Å². The summed E-state index contributed by atoms with van der Waals surface area (Å²) in [7, 11) is 1.20. The van der Waals surface area contributed by atoms with E-state index >= 15 is 0 Å². The van der Waals surface area contributed by atoms with E-state index in [9.17, 15) is 58.5 Å². The average Bonchev–Trinajstić information content (AvgIpc) is 3.18. The summed E-state index contributed by atoms with van der Waals surface area (Å²) in [6.07, 6.45) is -1.61. The Bertz CT molecular complexity index is 2160. The SMILES string of the molecule is CNC(=O)[C@H](CC(=O)O)NC(=O)[C@H](CCCNC(=N)N)NC(=O)[C@H](CC(=O)O)NC(=O)CC[C@H](NC(=O)c1ccc(NCc2cnc3nc(N)[nH]c(=O)c3n2)cc1)C(=O)O. The summed E-state index contributed by atoms with van der Waals surface area (Å²) in [4.78, 5) is 126. The molecule has 0 aliphatic heterocycles. The van der Waals surface area contributed by atoms with E-state index in [1.807, 2.05) is 0 Å². The predicted molar refractivity (Wildman–Crippen MR) is 208 cm³/mol. The number of nitrogens with one attached hydrogen (secondary N) is 9. The number of aliphatic carboxylic acids is 3. The summed E-state index contributed by atoms with van der Waals surface area (Å²) in [5, 5.41) is 52.4. The highest BCUT2D eigenvalue weighted by Crippen LogP contribution is 2.13. The molecule has 3 aromatic rings. The summed E-state index contributed by atoms with van der Waals surface area (Å²) in [5.41, 5.74) is 11.2. The molecule has 0 spiro atoms. The number of carbonyl (C=O) groups excluding carboxylic acids is 5. The molecule has 0 aliphatic carbocycles. The van der Waals surface area contributed by atoms with Gasteiger partial charge in [0.2, 0.25) is 29.6 Å². The highest BCUT2D eigenvalue weighted by Gasteiger charge is 2.32. The first-order chi connectivity index (χ1) is 28.4. The molecular weight excluding hydrogens is 796 g/mol. The van der Waals surface area contributed by atoms with Crippen molar-refractivity contribution in [2.24, 2.45) is 5.73 Å². The number of rotatable bonds is 23. The fourth-order valence-electron chi connectivity index (χ4n) is 5.31. The molecule has 0 bridgehead atoms. The smallest absolute Gasteiger partial charge is 0.326 e. The molecule has 0 fully saturated rings. The number of nitrogens with two attached hydrogens (primary N) is 2. The Balaban J connectivity index is 1.62. The van der Waals surface area contributed by atoms with E-state index in [4.69, 9.17) is 16.9 Å². The normalized spacial score (nSPS) is 12.7. The molecule has 3 rings (SSSR count). The molecule has 4 atom stereocenters. The van der Waals surface area contributed by atoms with Gasteiger partial charge in [-0.1, -0.05) is 0 Å². The summed E-state index contributed by atoms with van der Waals surface area (Å²) in [6.45, 7) is 0.172. The monoisotopic (exact) mass is 840 g/mol. The summed E-state index contributed by atoms with van der Waals surface area (Å²) < 4.78 is 0. The second-order valence-electron chi connectivity index (χ2n) is 12.9. The number of amides is 5. The first-order valence-electron chi connectivity index (χ1n) is 17.9. The molecule has 0 unspecified atom stereocenters. The van der Waals surface area contributed by atoms with E-state index in [1.165, 1.54) is 37.5 Å². The second kappa shape index (κ2) is 22.1. The third kappa shape index (κ3) is 14.9. The Morgan fingerprint density at radius 1 is 0.817 bits per heavy atom. The minimum Gasteiger partial charge on any atom is -0.481 e. The minimum absolute atomic E-state index is 0.0135. The van der Waals surface area contributed by atoms with Crippen LogP contribution in [-0.4, -0.2) is 126 Å². The predicted octanol–water partition coefficient (Wildman–Crippen LogP) is -3.72. The van der Waals surface area contributed by atoms with Crippen molar-refractivity contribution >= 4 is 76.2 Å². The molecule has 322 valence electrons. The molecule has 60 heavy (non-hydrogen) atoms. The lowest BCUT2D eigenvalue weighted by molar-refractivity contribution is -0.141. The first kappa shape index (κ1) is 46.5. The summed E-state index contributed by atoms with van der Waals surface area (Å²) >= 11 is 0. The van der Waals surface area contributed by atoms with Crippen LogP contribution in [0.5, 0.6) is 0 Å². The largest absolute Gasteiger partial charge is 0.481 e. The van der Waals surface area contributed by atoms with Gasteiger partial charge in [-0.3, -0.25) is 48.7 Å². The maximum Gasteiger partial charge on any atom is 0.326 e. The maximum atomic E-state index is 13.3. The number of guanidine groups is 1. The van der Waals surface area contributed by atoms with Crippen LogP contribution in [0.1, 0.15) is 54.6 Å². The van der Waals surface area contributed by atoms with E-state index in [2.05, 4.69) is 57.2 Å². The van der Waals surface area contributed by atoms with Gasteiger partial charge in [0, 0.05) is 31.3 Å². The van der Waals surface area contributed by atoms with Gasteiger partial charge in [-0.2, -0.15) is 4.98 Å². The molecule has 5 amide bonds. The van der Waals surface area contributed by atoms with Crippen molar-refractivity contribution in [1.29, 1.82) is 5.41 Å². The maximum absolute atomic E-state index is 13.3. The van der Waals surface area contributed by atoms with Crippen LogP contribution >= 0.6 is 0 Å². The molecule has 2 heterocycles. The van der Waals surface area contributed by atoms with Gasteiger partial charge in [-0.15, -0.1) is 0 Å². The number of aromatic amines is 1. The second-order valence-corrected chi connectivity index (χ2v) is 12.9. The lowest BCUT2D eigenvalue weighted by Crippen LogP contribution is -2.57. The van der Waals surface area contributed by atoms with Crippen molar-refractivity contribution in [3.05, 3.63) is 52.1 Å². The zero-order valence-corrected chi connectivity index (χ0v) is 31.9. The van der Waals surface area contributed by atoms with Crippen molar-refractivity contribution in [2.75, 3.05) is 24.6 Å². The number of aromatic nitrogens is 4. The van der Waals surface area contributed by atoms with Crippen molar-refractivity contribution in [1.82, 2.24) is 51.8 Å². The van der Waals surface area contributed by atoms with Crippen LogP contribution < -0.4 is 54.2 Å². The molecule has 0 aliphatic rings. The zero-order chi connectivity index (χ0) is 44.5.